The third-order valence-corrected chi connectivity index (χ3v) is 6.23. The van der Waals surface area contributed by atoms with E-state index in [9.17, 15) is 4.79 Å². The topological polar surface area (TPSA) is 46.3 Å². The first kappa shape index (κ1) is 16.3. The van der Waals surface area contributed by atoms with Crippen LogP contribution in [0, 0.1) is 5.92 Å². The molecule has 1 amide bonds. The van der Waals surface area contributed by atoms with Crippen LogP contribution in [0.5, 0.6) is 0 Å². The van der Waals surface area contributed by atoms with Gasteiger partial charge in [0.05, 0.1) is 10.0 Å². The highest BCUT2D eigenvalue weighted by Crippen LogP contribution is 2.42. The van der Waals surface area contributed by atoms with E-state index in [1.807, 2.05) is 11.8 Å². The molecule has 0 radical (unpaired) electrons. The van der Waals surface area contributed by atoms with Crippen LogP contribution in [0.2, 0.25) is 15.1 Å². The van der Waals surface area contributed by atoms with E-state index in [1.165, 1.54) is 11.3 Å². The molecule has 0 spiro atoms. The van der Waals surface area contributed by atoms with Crippen molar-refractivity contribution in [2.45, 2.75) is 19.4 Å². The fraction of sp³-hybridized carbons (Fsp3) is 0.400. The molecule has 1 aromatic heterocycles. The van der Waals surface area contributed by atoms with Crippen molar-refractivity contribution in [1.29, 1.82) is 0 Å². The molecule has 0 aliphatic carbocycles. The van der Waals surface area contributed by atoms with Gasteiger partial charge in [-0.1, -0.05) is 34.8 Å². The Hall–Kier alpha value is -0.520. The van der Waals surface area contributed by atoms with E-state index in [-0.39, 0.29) is 11.9 Å². The zero-order valence-corrected chi connectivity index (χ0v) is 15.0. The van der Waals surface area contributed by atoms with E-state index in [1.54, 1.807) is 12.1 Å². The maximum absolute atomic E-state index is 12.8. The molecule has 1 aliphatic heterocycles. The summed E-state index contributed by atoms with van der Waals surface area (Å²) in [6, 6.07) is 3.59. The van der Waals surface area contributed by atoms with Crippen LogP contribution in [0.3, 0.4) is 0 Å². The van der Waals surface area contributed by atoms with Crippen LogP contribution < -0.4 is 5.73 Å². The van der Waals surface area contributed by atoms with Crippen molar-refractivity contribution < 1.29 is 4.79 Å². The summed E-state index contributed by atoms with van der Waals surface area (Å²) in [6.45, 7) is 3.31. The molecule has 1 aliphatic rings. The summed E-state index contributed by atoms with van der Waals surface area (Å²) in [7, 11) is 0. The zero-order chi connectivity index (χ0) is 16.0. The van der Waals surface area contributed by atoms with Crippen molar-refractivity contribution >= 4 is 62.1 Å². The van der Waals surface area contributed by atoms with E-state index >= 15 is 0 Å². The number of halogens is 3. The van der Waals surface area contributed by atoms with Gasteiger partial charge in [0, 0.05) is 27.7 Å². The molecule has 1 saturated heterocycles. The molecule has 22 heavy (non-hydrogen) atoms. The first-order valence-electron chi connectivity index (χ1n) is 7.00. The zero-order valence-electron chi connectivity index (χ0n) is 11.9. The molecule has 1 aromatic carbocycles. The van der Waals surface area contributed by atoms with Gasteiger partial charge in [0.2, 0.25) is 0 Å². The minimum atomic E-state index is -0.0539. The quantitative estimate of drug-likeness (QED) is 0.826. The number of likely N-dealkylation sites (tertiary alicyclic amines) is 1. The molecule has 3 rings (SSSR count). The highest BCUT2D eigenvalue weighted by molar-refractivity contribution is 7.21. The lowest BCUT2D eigenvalue weighted by Crippen LogP contribution is -2.34. The predicted octanol–water partition coefficient (Wildman–Crippen LogP) is 4.67. The van der Waals surface area contributed by atoms with Crippen molar-refractivity contribution in [3.63, 3.8) is 0 Å². The number of nitrogens with two attached hydrogens (primary N) is 1. The highest BCUT2D eigenvalue weighted by atomic mass is 35.5. The second-order valence-corrected chi connectivity index (χ2v) is 7.92. The van der Waals surface area contributed by atoms with Crippen molar-refractivity contribution in [1.82, 2.24) is 4.90 Å². The normalized spacial score (nSPS) is 21.8. The largest absolute Gasteiger partial charge is 0.335 e. The molecule has 7 heteroatoms. The number of thiophene rings is 1. The Morgan fingerprint density at radius 3 is 2.77 bits per heavy atom. The molecular weight excluding hydrogens is 363 g/mol. The minimum absolute atomic E-state index is 0.0539. The minimum Gasteiger partial charge on any atom is -0.335 e. The van der Waals surface area contributed by atoms with Crippen LogP contribution in [0.15, 0.2) is 12.1 Å². The summed E-state index contributed by atoms with van der Waals surface area (Å²) in [5.74, 6) is 0.298. The Morgan fingerprint density at radius 1 is 1.41 bits per heavy atom. The van der Waals surface area contributed by atoms with Crippen LogP contribution in [-0.2, 0) is 0 Å². The van der Waals surface area contributed by atoms with E-state index in [2.05, 4.69) is 0 Å². The Kier molecular flexibility index (Phi) is 4.59. The molecule has 2 atom stereocenters. The number of nitrogens with zero attached hydrogens (tertiary/aromatic N) is 1. The van der Waals surface area contributed by atoms with Gasteiger partial charge in [-0.15, -0.1) is 11.3 Å². The molecule has 3 nitrogen and oxygen atoms in total. The van der Waals surface area contributed by atoms with Gasteiger partial charge in [-0.3, -0.25) is 4.79 Å². The van der Waals surface area contributed by atoms with E-state index < -0.39 is 0 Å². The van der Waals surface area contributed by atoms with E-state index in [0.29, 0.717) is 44.3 Å². The summed E-state index contributed by atoms with van der Waals surface area (Å²) < 4.78 is 0.827. The van der Waals surface area contributed by atoms with Crippen molar-refractivity contribution in [2.75, 3.05) is 13.1 Å². The Labute approximate surface area is 147 Å². The summed E-state index contributed by atoms with van der Waals surface area (Å²) in [5.41, 5.74) is 5.73. The number of fused-ring (bicyclic) bond motifs is 1. The van der Waals surface area contributed by atoms with E-state index in [4.69, 9.17) is 40.5 Å². The molecule has 2 unspecified atom stereocenters. The second kappa shape index (κ2) is 6.17. The van der Waals surface area contributed by atoms with Gasteiger partial charge in [0.1, 0.15) is 4.88 Å². The SMILES string of the molecule is CC1CC(CN)CN1C(=O)c1sc2cc(Cl)cc(Cl)c2c1Cl. The van der Waals surface area contributed by atoms with Gasteiger partial charge in [-0.2, -0.15) is 0 Å². The molecule has 118 valence electrons. The monoisotopic (exact) mass is 376 g/mol. The smallest absolute Gasteiger partial charge is 0.265 e. The Bertz CT molecular complexity index is 746. The maximum Gasteiger partial charge on any atom is 0.265 e. The average Bonchev–Trinajstić information content (AvgIpc) is 2.98. The third-order valence-electron chi connectivity index (χ3n) is 4.10. The van der Waals surface area contributed by atoms with Crippen molar-refractivity contribution in [3.8, 4) is 0 Å². The van der Waals surface area contributed by atoms with Crippen molar-refractivity contribution in [3.05, 3.63) is 32.1 Å². The molecule has 2 heterocycles. The first-order valence-corrected chi connectivity index (χ1v) is 8.95. The maximum atomic E-state index is 12.8. The Morgan fingerprint density at radius 2 is 2.14 bits per heavy atom. The van der Waals surface area contributed by atoms with Crippen LogP contribution in [0.4, 0.5) is 0 Å². The molecule has 1 fully saturated rings. The molecule has 2 aromatic rings. The second-order valence-electron chi connectivity index (χ2n) is 5.65. The van der Waals surface area contributed by atoms with Crippen LogP contribution in [-0.4, -0.2) is 29.9 Å². The molecule has 0 saturated carbocycles. The summed E-state index contributed by atoms with van der Waals surface area (Å²) in [5, 5.41) is 2.11. The lowest BCUT2D eigenvalue weighted by atomic mass is 10.1. The summed E-state index contributed by atoms with van der Waals surface area (Å²) >= 11 is 20.0. The average molecular weight is 378 g/mol. The van der Waals surface area contributed by atoms with Gasteiger partial charge in [0.15, 0.2) is 0 Å². The number of rotatable bonds is 2. The third kappa shape index (κ3) is 2.72. The molecule has 2 N–H and O–H groups in total. The number of carbonyl (C=O) groups is 1. The highest BCUT2D eigenvalue weighted by Gasteiger charge is 2.34. The van der Waals surface area contributed by atoms with Crippen LogP contribution in [0.25, 0.3) is 10.1 Å². The fourth-order valence-electron chi connectivity index (χ4n) is 2.98. The van der Waals surface area contributed by atoms with Gasteiger partial charge < -0.3 is 10.6 Å². The lowest BCUT2D eigenvalue weighted by Gasteiger charge is -2.20. The Balaban J connectivity index is 2.02. The van der Waals surface area contributed by atoms with Crippen molar-refractivity contribution in [2.24, 2.45) is 11.7 Å². The number of hydrogen-bond donors (Lipinski definition) is 1. The van der Waals surface area contributed by atoms with Gasteiger partial charge >= 0.3 is 0 Å². The number of hydrogen-bond acceptors (Lipinski definition) is 3. The van der Waals surface area contributed by atoms with Gasteiger partial charge in [-0.05, 0) is 37.9 Å². The summed E-state index contributed by atoms with van der Waals surface area (Å²) in [4.78, 5) is 15.2. The van der Waals surface area contributed by atoms with Crippen LogP contribution >= 0.6 is 46.1 Å². The lowest BCUT2D eigenvalue weighted by molar-refractivity contribution is 0.0748. The molecular formula is C15H15Cl3N2OS. The molecule has 0 bridgehead atoms. The predicted molar refractivity (Wildman–Crippen MR) is 94.5 cm³/mol. The van der Waals surface area contributed by atoms with Crippen LogP contribution in [0.1, 0.15) is 23.0 Å². The number of benzene rings is 1. The number of carbonyl (C=O) groups excluding carboxylic acids is 1. The summed E-state index contributed by atoms with van der Waals surface area (Å²) in [6.07, 6.45) is 0.928. The van der Waals surface area contributed by atoms with Gasteiger partial charge in [0.25, 0.3) is 5.91 Å². The standard InChI is InChI=1S/C15H15Cl3N2OS/c1-7-2-8(5-19)6-20(7)15(21)14-13(18)12-10(17)3-9(16)4-11(12)22-14/h3-4,7-8H,2,5-6,19H2,1H3. The van der Waals surface area contributed by atoms with Gasteiger partial charge in [-0.25, -0.2) is 0 Å². The number of amides is 1. The van der Waals surface area contributed by atoms with E-state index in [0.717, 1.165) is 11.1 Å². The first-order chi connectivity index (χ1) is 10.4. The fourth-order valence-corrected chi connectivity index (χ4v) is 5.31.